The molecule has 0 fully saturated rings. The molecule has 0 atom stereocenters. The van der Waals surface area contributed by atoms with Crippen LogP contribution >= 0.6 is 0 Å². The van der Waals surface area contributed by atoms with Crippen molar-refractivity contribution < 1.29 is 13.9 Å². The van der Waals surface area contributed by atoms with Crippen LogP contribution < -0.4 is 0 Å². The maximum absolute atomic E-state index is 7.72. The van der Waals surface area contributed by atoms with Crippen LogP contribution in [0.2, 0.25) is 0 Å². The molecular weight excluding hydrogens is 244 g/mol. The minimum atomic E-state index is -0.0170. The highest BCUT2D eigenvalue weighted by atomic mass is 16.5. The van der Waals surface area contributed by atoms with Crippen LogP contribution in [0.1, 0.15) is 39.2 Å². The molecule has 1 heterocycles. The van der Waals surface area contributed by atoms with Gasteiger partial charge in [0.15, 0.2) is 11.5 Å². The molecule has 1 aromatic rings. The molecule has 1 aromatic heterocycles. The molecule has 0 saturated heterocycles. The first-order valence-electron chi connectivity index (χ1n) is 6.43. The van der Waals surface area contributed by atoms with Gasteiger partial charge in [-0.3, -0.25) is 10.8 Å². The lowest BCUT2D eigenvalue weighted by atomic mass is 10.2. The Morgan fingerprint density at radius 2 is 1.32 bits per heavy atom. The zero-order valence-electron chi connectivity index (χ0n) is 11.9. The molecule has 0 amide bonds. The topological polar surface area (TPSA) is 79.3 Å². The van der Waals surface area contributed by atoms with Crippen molar-refractivity contribution in [2.75, 3.05) is 13.2 Å². The van der Waals surface area contributed by atoms with Gasteiger partial charge in [-0.25, -0.2) is 0 Å². The van der Waals surface area contributed by atoms with Gasteiger partial charge in [-0.2, -0.15) is 0 Å². The lowest BCUT2D eigenvalue weighted by Gasteiger charge is -2.08. The van der Waals surface area contributed by atoms with Gasteiger partial charge in [0.2, 0.25) is 11.8 Å². The second kappa shape index (κ2) is 6.97. The Bertz CT molecular complexity index is 397. The molecule has 2 N–H and O–H groups in total. The summed E-state index contributed by atoms with van der Waals surface area (Å²) >= 11 is 0. The van der Waals surface area contributed by atoms with E-state index in [2.05, 4.69) is 0 Å². The number of ether oxygens (including phenoxy) is 2. The van der Waals surface area contributed by atoms with Crippen molar-refractivity contribution in [3.05, 3.63) is 23.7 Å². The summed E-state index contributed by atoms with van der Waals surface area (Å²) < 4.78 is 15.9. The maximum Gasteiger partial charge on any atom is 0.250 e. The normalized spacial score (nSPS) is 10.8. The molecule has 0 aliphatic heterocycles. The predicted octanol–water partition coefficient (Wildman–Crippen LogP) is 3.28. The van der Waals surface area contributed by atoms with Gasteiger partial charge in [-0.15, -0.1) is 0 Å². The molecule has 106 valence electrons. The summed E-state index contributed by atoms with van der Waals surface area (Å²) in [7, 11) is 0. The van der Waals surface area contributed by atoms with Gasteiger partial charge in [0.1, 0.15) is 0 Å². The predicted molar refractivity (Wildman–Crippen MR) is 73.9 cm³/mol. The van der Waals surface area contributed by atoms with Gasteiger partial charge < -0.3 is 13.9 Å². The lowest BCUT2D eigenvalue weighted by Crippen LogP contribution is -2.10. The van der Waals surface area contributed by atoms with Gasteiger partial charge in [-0.1, -0.05) is 27.7 Å². The number of hydrogen-bond acceptors (Lipinski definition) is 5. The third kappa shape index (κ3) is 5.16. The van der Waals surface area contributed by atoms with E-state index in [1.165, 1.54) is 0 Å². The number of hydrogen-bond donors (Lipinski definition) is 2. The summed E-state index contributed by atoms with van der Waals surface area (Å²) in [6, 6.07) is 3.23. The van der Waals surface area contributed by atoms with Gasteiger partial charge in [0.25, 0.3) is 0 Å². The van der Waals surface area contributed by atoms with E-state index in [1.807, 2.05) is 27.7 Å². The van der Waals surface area contributed by atoms with Crippen LogP contribution in [0.15, 0.2) is 16.5 Å². The van der Waals surface area contributed by atoms with Gasteiger partial charge in [-0.05, 0) is 24.0 Å². The SMILES string of the molecule is CC(C)COC(=N)c1ccc(C(=N)OCC(C)C)o1. The van der Waals surface area contributed by atoms with E-state index < -0.39 is 0 Å². The maximum atomic E-state index is 7.72. The van der Waals surface area contributed by atoms with E-state index in [-0.39, 0.29) is 11.8 Å². The lowest BCUT2D eigenvalue weighted by molar-refractivity contribution is 0.245. The minimum Gasteiger partial charge on any atom is -0.475 e. The minimum absolute atomic E-state index is 0.0170. The Kier molecular flexibility index (Phi) is 5.60. The van der Waals surface area contributed by atoms with Crippen LogP contribution in [-0.4, -0.2) is 25.0 Å². The van der Waals surface area contributed by atoms with E-state index >= 15 is 0 Å². The first-order chi connectivity index (χ1) is 8.90. The summed E-state index contributed by atoms with van der Waals surface area (Å²) in [5, 5.41) is 15.4. The molecule has 1 rings (SSSR count). The van der Waals surface area contributed by atoms with Gasteiger partial charge in [0.05, 0.1) is 13.2 Å². The summed E-state index contributed by atoms with van der Waals surface area (Å²) in [5.41, 5.74) is 0. The van der Waals surface area contributed by atoms with E-state index in [0.29, 0.717) is 36.6 Å². The van der Waals surface area contributed by atoms with Crippen LogP contribution in [-0.2, 0) is 9.47 Å². The van der Waals surface area contributed by atoms with Gasteiger partial charge in [0, 0.05) is 0 Å². The summed E-state index contributed by atoms with van der Waals surface area (Å²) in [6.07, 6.45) is 0. The van der Waals surface area contributed by atoms with E-state index in [9.17, 15) is 0 Å². The third-order valence-electron chi connectivity index (χ3n) is 2.18. The van der Waals surface area contributed by atoms with Crippen molar-refractivity contribution in [1.29, 1.82) is 10.8 Å². The van der Waals surface area contributed by atoms with E-state index in [1.54, 1.807) is 12.1 Å². The first kappa shape index (κ1) is 15.3. The van der Waals surface area contributed by atoms with Crippen molar-refractivity contribution in [2.45, 2.75) is 27.7 Å². The zero-order chi connectivity index (χ0) is 14.4. The van der Waals surface area contributed by atoms with E-state index in [4.69, 9.17) is 24.7 Å². The molecule has 0 aliphatic rings. The second-order valence-electron chi connectivity index (χ2n) is 5.23. The van der Waals surface area contributed by atoms with Crippen LogP contribution in [0.4, 0.5) is 0 Å². The summed E-state index contributed by atoms with van der Waals surface area (Å²) in [6.45, 7) is 8.98. The van der Waals surface area contributed by atoms with Crippen LogP contribution in [0.5, 0.6) is 0 Å². The number of rotatable bonds is 6. The smallest absolute Gasteiger partial charge is 0.250 e. The molecule has 0 bridgehead atoms. The Labute approximate surface area is 113 Å². The average molecular weight is 266 g/mol. The molecule has 0 aliphatic carbocycles. The van der Waals surface area contributed by atoms with Crippen molar-refractivity contribution in [1.82, 2.24) is 0 Å². The molecule has 0 unspecified atom stereocenters. The van der Waals surface area contributed by atoms with Crippen molar-refractivity contribution in [3.8, 4) is 0 Å². The monoisotopic (exact) mass is 266 g/mol. The highest BCUT2D eigenvalue weighted by Crippen LogP contribution is 2.11. The summed E-state index contributed by atoms with van der Waals surface area (Å²) in [4.78, 5) is 0. The second-order valence-corrected chi connectivity index (χ2v) is 5.23. The van der Waals surface area contributed by atoms with Gasteiger partial charge >= 0.3 is 0 Å². The van der Waals surface area contributed by atoms with Crippen molar-refractivity contribution in [2.24, 2.45) is 11.8 Å². The molecule has 19 heavy (non-hydrogen) atoms. The fourth-order valence-electron chi connectivity index (χ4n) is 1.22. The molecule has 0 radical (unpaired) electrons. The van der Waals surface area contributed by atoms with Crippen molar-refractivity contribution in [3.63, 3.8) is 0 Å². The molecule has 0 aromatic carbocycles. The molecule has 0 saturated carbocycles. The quantitative estimate of drug-likeness (QED) is 0.612. The molecule has 5 nitrogen and oxygen atoms in total. The average Bonchev–Trinajstić information content (AvgIpc) is 2.82. The fourth-order valence-corrected chi connectivity index (χ4v) is 1.22. The van der Waals surface area contributed by atoms with Crippen LogP contribution in [0.3, 0.4) is 0 Å². The Balaban J connectivity index is 2.56. The van der Waals surface area contributed by atoms with Crippen LogP contribution in [0.25, 0.3) is 0 Å². The Hall–Kier alpha value is -1.78. The molecule has 5 heteroatoms. The highest BCUT2D eigenvalue weighted by Gasteiger charge is 2.13. The van der Waals surface area contributed by atoms with Crippen LogP contribution in [0, 0.1) is 22.7 Å². The first-order valence-corrected chi connectivity index (χ1v) is 6.43. The standard InChI is InChI=1S/C14H22N2O3/c1-9(2)7-17-13(15)11-5-6-12(19-11)14(16)18-8-10(3)4/h5-6,9-10,15-16H,7-8H2,1-4H3. The fraction of sp³-hybridized carbons (Fsp3) is 0.571. The Morgan fingerprint density at radius 3 is 1.63 bits per heavy atom. The Morgan fingerprint density at radius 1 is 0.947 bits per heavy atom. The third-order valence-corrected chi connectivity index (χ3v) is 2.18. The number of nitrogens with one attached hydrogen (secondary N) is 2. The van der Waals surface area contributed by atoms with E-state index in [0.717, 1.165) is 0 Å². The highest BCUT2D eigenvalue weighted by molar-refractivity contribution is 5.93. The largest absolute Gasteiger partial charge is 0.475 e. The summed E-state index contributed by atoms with van der Waals surface area (Å²) in [5.74, 6) is 1.29. The molecular formula is C14H22N2O3. The number of furan rings is 1. The molecule has 0 spiro atoms. The van der Waals surface area contributed by atoms with Crippen molar-refractivity contribution >= 4 is 11.8 Å². The zero-order valence-corrected chi connectivity index (χ0v) is 11.9.